The summed E-state index contributed by atoms with van der Waals surface area (Å²) in [5.41, 5.74) is 3.38. The molecule has 0 spiro atoms. The van der Waals surface area contributed by atoms with Gasteiger partial charge in [0.1, 0.15) is 11.0 Å². The Labute approximate surface area is 195 Å². The Bertz CT molecular complexity index is 909. The van der Waals surface area contributed by atoms with Crippen LogP contribution in [0.4, 0.5) is 11.5 Å². The number of halogens is 1. The lowest BCUT2D eigenvalue weighted by atomic mass is 10.1. The molecule has 0 aliphatic carbocycles. The van der Waals surface area contributed by atoms with Crippen LogP contribution in [0.25, 0.3) is 11.4 Å². The fourth-order valence-electron chi connectivity index (χ4n) is 4.82. The highest BCUT2D eigenvalue weighted by molar-refractivity contribution is 6.30. The van der Waals surface area contributed by atoms with Gasteiger partial charge >= 0.3 is 0 Å². The minimum atomic E-state index is 0.601. The number of anilines is 2. The number of rotatable bonds is 6. The number of morpholine rings is 1. The highest BCUT2D eigenvalue weighted by atomic mass is 35.5. The number of hydrogen-bond donors (Lipinski definition) is 0. The summed E-state index contributed by atoms with van der Waals surface area (Å²) >= 11 is 6.60. The summed E-state index contributed by atoms with van der Waals surface area (Å²) in [5.74, 6) is 1.74. The molecule has 4 heterocycles. The van der Waals surface area contributed by atoms with E-state index in [2.05, 4.69) is 55.9 Å². The van der Waals surface area contributed by atoms with E-state index < -0.39 is 0 Å². The Balaban J connectivity index is 1.26. The zero-order valence-electron chi connectivity index (χ0n) is 19.0. The third-order valence-electron chi connectivity index (χ3n) is 6.87. The first kappa shape index (κ1) is 21.9. The Hall–Kier alpha value is -1.93. The number of fused-ring (bicyclic) bond motifs is 1. The second-order valence-corrected chi connectivity index (χ2v) is 9.38. The third kappa shape index (κ3) is 4.86. The molecular weight excluding hydrogens is 424 g/mol. The van der Waals surface area contributed by atoms with Crippen LogP contribution in [-0.2, 0) is 11.2 Å². The van der Waals surface area contributed by atoms with E-state index in [4.69, 9.17) is 21.3 Å². The number of piperazine rings is 1. The smallest absolute Gasteiger partial charge is 0.163 e. The lowest BCUT2D eigenvalue weighted by molar-refractivity contribution is 0.0376. The molecule has 0 saturated carbocycles. The predicted molar refractivity (Wildman–Crippen MR) is 130 cm³/mol. The molecule has 2 fully saturated rings. The normalized spacial score (nSPS) is 20.1. The van der Waals surface area contributed by atoms with Gasteiger partial charge in [-0.1, -0.05) is 11.6 Å². The number of benzene rings is 1. The molecule has 8 heteroatoms. The Kier molecular flexibility index (Phi) is 6.78. The fourth-order valence-corrected chi connectivity index (χ4v) is 5.08. The SMILES string of the molecule is CN1CCN(c2ccc(-c3nc(Cl)c4c(n3)N(CCCN3CCOCC3)CC4)cc2)CC1. The maximum Gasteiger partial charge on any atom is 0.163 e. The zero-order chi connectivity index (χ0) is 21.9. The second-order valence-electron chi connectivity index (χ2n) is 9.02. The molecule has 1 aromatic carbocycles. The summed E-state index contributed by atoms with van der Waals surface area (Å²) in [4.78, 5) is 19.3. The van der Waals surface area contributed by atoms with Gasteiger partial charge in [0, 0.05) is 75.7 Å². The van der Waals surface area contributed by atoms with Crippen molar-refractivity contribution >= 4 is 23.1 Å². The third-order valence-corrected chi connectivity index (χ3v) is 7.18. The number of aromatic nitrogens is 2. The van der Waals surface area contributed by atoms with E-state index >= 15 is 0 Å². The van der Waals surface area contributed by atoms with Crippen molar-refractivity contribution in [2.75, 3.05) is 89.0 Å². The highest BCUT2D eigenvalue weighted by Crippen LogP contribution is 2.33. The topological polar surface area (TPSA) is 48.0 Å². The first-order valence-electron chi connectivity index (χ1n) is 11.8. The van der Waals surface area contributed by atoms with Crippen molar-refractivity contribution in [3.8, 4) is 11.4 Å². The number of likely N-dealkylation sites (N-methyl/N-ethyl adjacent to an activating group) is 1. The van der Waals surface area contributed by atoms with Gasteiger partial charge in [0.05, 0.1) is 13.2 Å². The molecule has 3 aliphatic rings. The zero-order valence-corrected chi connectivity index (χ0v) is 19.7. The first-order valence-corrected chi connectivity index (χ1v) is 12.2. The lowest BCUT2D eigenvalue weighted by Crippen LogP contribution is -2.44. The first-order chi connectivity index (χ1) is 15.7. The molecule has 0 atom stereocenters. The van der Waals surface area contributed by atoms with Crippen LogP contribution in [0.2, 0.25) is 5.15 Å². The fraction of sp³-hybridized carbons (Fsp3) is 0.583. The largest absolute Gasteiger partial charge is 0.379 e. The van der Waals surface area contributed by atoms with Gasteiger partial charge in [0.25, 0.3) is 0 Å². The average molecular weight is 457 g/mol. The van der Waals surface area contributed by atoms with E-state index in [0.29, 0.717) is 5.15 Å². The van der Waals surface area contributed by atoms with Crippen molar-refractivity contribution in [1.29, 1.82) is 0 Å². The minimum absolute atomic E-state index is 0.601. The number of nitrogens with zero attached hydrogens (tertiary/aromatic N) is 6. The van der Waals surface area contributed by atoms with Crippen LogP contribution >= 0.6 is 11.6 Å². The summed E-state index contributed by atoms with van der Waals surface area (Å²) in [6.07, 6.45) is 2.05. The van der Waals surface area contributed by atoms with E-state index in [1.807, 2.05) is 0 Å². The molecule has 0 N–H and O–H groups in total. The van der Waals surface area contributed by atoms with E-state index in [0.717, 1.165) is 108 Å². The molecule has 1 aromatic heterocycles. The average Bonchev–Trinajstić information content (AvgIpc) is 3.24. The van der Waals surface area contributed by atoms with Crippen LogP contribution in [-0.4, -0.2) is 98.9 Å². The Morgan fingerprint density at radius 1 is 0.906 bits per heavy atom. The molecule has 32 heavy (non-hydrogen) atoms. The summed E-state index contributed by atoms with van der Waals surface area (Å²) in [6.45, 7) is 11.2. The maximum absolute atomic E-state index is 6.60. The van der Waals surface area contributed by atoms with Crippen LogP contribution in [0.3, 0.4) is 0 Å². The molecule has 2 aromatic rings. The molecule has 0 unspecified atom stereocenters. The van der Waals surface area contributed by atoms with Gasteiger partial charge in [-0.3, -0.25) is 4.90 Å². The molecule has 0 radical (unpaired) electrons. The molecule has 0 bridgehead atoms. The van der Waals surface area contributed by atoms with Crippen molar-refractivity contribution in [3.05, 3.63) is 35.0 Å². The summed E-state index contributed by atoms with van der Waals surface area (Å²) in [6, 6.07) is 8.63. The monoisotopic (exact) mass is 456 g/mol. The van der Waals surface area contributed by atoms with Crippen LogP contribution in [0.1, 0.15) is 12.0 Å². The predicted octanol–water partition coefficient (Wildman–Crippen LogP) is 2.63. The van der Waals surface area contributed by atoms with Crippen molar-refractivity contribution in [2.24, 2.45) is 0 Å². The molecule has 5 rings (SSSR count). The van der Waals surface area contributed by atoms with E-state index in [1.165, 1.54) is 5.69 Å². The van der Waals surface area contributed by atoms with Crippen molar-refractivity contribution in [1.82, 2.24) is 19.8 Å². The second kappa shape index (κ2) is 9.91. The Morgan fingerprint density at radius 3 is 2.41 bits per heavy atom. The van der Waals surface area contributed by atoms with Gasteiger partial charge in [0.2, 0.25) is 0 Å². The van der Waals surface area contributed by atoms with Gasteiger partial charge in [-0.2, -0.15) is 0 Å². The van der Waals surface area contributed by atoms with Crippen LogP contribution in [0.15, 0.2) is 24.3 Å². The van der Waals surface area contributed by atoms with E-state index in [1.54, 1.807) is 0 Å². The van der Waals surface area contributed by atoms with Crippen molar-refractivity contribution < 1.29 is 4.74 Å². The number of hydrogen-bond acceptors (Lipinski definition) is 7. The molecule has 0 amide bonds. The van der Waals surface area contributed by atoms with Crippen molar-refractivity contribution in [2.45, 2.75) is 12.8 Å². The van der Waals surface area contributed by atoms with Gasteiger partial charge in [-0.25, -0.2) is 9.97 Å². The van der Waals surface area contributed by atoms with E-state index in [9.17, 15) is 0 Å². The van der Waals surface area contributed by atoms with Crippen LogP contribution in [0, 0.1) is 0 Å². The summed E-state index contributed by atoms with van der Waals surface area (Å²) in [5, 5.41) is 0.601. The maximum atomic E-state index is 6.60. The molecular formula is C24H33ClN6O. The molecule has 2 saturated heterocycles. The number of ether oxygens (including phenoxy) is 1. The minimum Gasteiger partial charge on any atom is -0.379 e. The lowest BCUT2D eigenvalue weighted by Gasteiger charge is -2.34. The van der Waals surface area contributed by atoms with Gasteiger partial charge in [-0.05, 0) is 44.2 Å². The van der Waals surface area contributed by atoms with E-state index in [-0.39, 0.29) is 0 Å². The highest BCUT2D eigenvalue weighted by Gasteiger charge is 2.25. The van der Waals surface area contributed by atoms with Gasteiger partial charge in [0.15, 0.2) is 5.82 Å². The standard InChI is InChI=1S/C24H33ClN6O/c1-28-11-13-30(14-12-28)20-5-3-19(4-6-20)23-26-22(25)21-7-10-31(24(21)27-23)9-2-8-29-15-17-32-18-16-29/h3-6H,2,7-18H2,1H3. The molecule has 7 nitrogen and oxygen atoms in total. The van der Waals surface area contributed by atoms with Crippen LogP contribution < -0.4 is 9.80 Å². The van der Waals surface area contributed by atoms with Crippen LogP contribution in [0.5, 0.6) is 0 Å². The summed E-state index contributed by atoms with van der Waals surface area (Å²) in [7, 11) is 2.18. The van der Waals surface area contributed by atoms with Gasteiger partial charge in [-0.15, -0.1) is 0 Å². The quantitative estimate of drug-likeness (QED) is 0.619. The van der Waals surface area contributed by atoms with Crippen molar-refractivity contribution in [3.63, 3.8) is 0 Å². The molecule has 172 valence electrons. The summed E-state index contributed by atoms with van der Waals surface area (Å²) < 4.78 is 5.45. The molecule has 3 aliphatic heterocycles. The van der Waals surface area contributed by atoms with Gasteiger partial charge < -0.3 is 19.4 Å². The Morgan fingerprint density at radius 2 is 1.66 bits per heavy atom.